The monoisotopic (exact) mass is 354 g/mol. The van der Waals surface area contributed by atoms with Crippen LogP contribution in [0.3, 0.4) is 0 Å². The summed E-state index contributed by atoms with van der Waals surface area (Å²) in [4.78, 5) is 9.60. The lowest BCUT2D eigenvalue weighted by Crippen LogP contribution is -1.92. The van der Waals surface area contributed by atoms with Gasteiger partial charge in [0.2, 0.25) is 0 Å². The second kappa shape index (κ2) is 23.2. The molecule has 1 N–H and O–H groups in total. The SMILES string of the molecule is C=C(C)C(=O)O.CCCCCCCCCCCCCCCCCCC. The third-order valence-electron chi connectivity index (χ3n) is 4.57. The van der Waals surface area contributed by atoms with E-state index in [1.54, 1.807) is 0 Å². The van der Waals surface area contributed by atoms with Crippen LogP contribution in [0.4, 0.5) is 0 Å². The lowest BCUT2D eigenvalue weighted by atomic mass is 10.0. The molecule has 2 heteroatoms. The van der Waals surface area contributed by atoms with Crippen LogP contribution in [0.5, 0.6) is 0 Å². The fraction of sp³-hybridized carbons (Fsp3) is 0.870. The van der Waals surface area contributed by atoms with Gasteiger partial charge in [-0.05, 0) is 6.92 Å². The number of hydrogen-bond donors (Lipinski definition) is 1. The molecule has 0 aromatic heterocycles. The third kappa shape index (κ3) is 28.3. The molecule has 0 bridgehead atoms. The number of aliphatic carboxylic acids is 1. The number of unbranched alkanes of at least 4 members (excludes halogenated alkanes) is 16. The highest BCUT2D eigenvalue weighted by atomic mass is 16.4. The molecule has 0 aliphatic heterocycles. The van der Waals surface area contributed by atoms with E-state index in [0.717, 1.165) is 0 Å². The van der Waals surface area contributed by atoms with Crippen LogP contribution in [-0.2, 0) is 4.79 Å². The lowest BCUT2D eigenvalue weighted by molar-refractivity contribution is -0.132. The summed E-state index contributed by atoms with van der Waals surface area (Å²) in [6.07, 6.45) is 24.9. The lowest BCUT2D eigenvalue weighted by Gasteiger charge is -2.03. The molecule has 0 spiro atoms. The van der Waals surface area contributed by atoms with Gasteiger partial charge >= 0.3 is 5.97 Å². The van der Waals surface area contributed by atoms with E-state index in [1.807, 2.05) is 0 Å². The Morgan fingerprint density at radius 2 is 0.760 bits per heavy atom. The van der Waals surface area contributed by atoms with E-state index in [4.69, 9.17) is 5.11 Å². The smallest absolute Gasteiger partial charge is 0.330 e. The first-order valence-corrected chi connectivity index (χ1v) is 10.9. The summed E-state index contributed by atoms with van der Waals surface area (Å²) in [6, 6.07) is 0. The minimum absolute atomic E-state index is 0.176. The van der Waals surface area contributed by atoms with Gasteiger partial charge in [-0.1, -0.05) is 130 Å². The van der Waals surface area contributed by atoms with Crippen molar-refractivity contribution in [3.8, 4) is 0 Å². The minimum atomic E-state index is -0.935. The van der Waals surface area contributed by atoms with Gasteiger partial charge in [-0.3, -0.25) is 0 Å². The molecule has 0 fully saturated rings. The number of carboxylic acids is 1. The van der Waals surface area contributed by atoms with Crippen molar-refractivity contribution in [2.24, 2.45) is 0 Å². The highest BCUT2D eigenvalue weighted by molar-refractivity contribution is 5.84. The summed E-state index contributed by atoms with van der Waals surface area (Å²) >= 11 is 0. The molecule has 0 amide bonds. The van der Waals surface area contributed by atoms with E-state index in [-0.39, 0.29) is 5.57 Å². The summed E-state index contributed by atoms with van der Waals surface area (Å²) in [5, 5.41) is 7.89. The minimum Gasteiger partial charge on any atom is -0.478 e. The van der Waals surface area contributed by atoms with Gasteiger partial charge in [-0.25, -0.2) is 4.79 Å². The molecule has 0 saturated carbocycles. The van der Waals surface area contributed by atoms with Crippen molar-refractivity contribution in [3.05, 3.63) is 12.2 Å². The molecule has 150 valence electrons. The van der Waals surface area contributed by atoms with Crippen molar-refractivity contribution in [2.75, 3.05) is 0 Å². The van der Waals surface area contributed by atoms with Crippen molar-refractivity contribution in [1.82, 2.24) is 0 Å². The Kier molecular flexibility index (Phi) is 24.5. The van der Waals surface area contributed by atoms with Crippen LogP contribution in [0, 0.1) is 0 Å². The molecular weight excluding hydrogens is 308 g/mol. The Balaban J connectivity index is 0. The average Bonchev–Trinajstić information content (AvgIpc) is 2.59. The van der Waals surface area contributed by atoms with E-state index in [0.29, 0.717) is 0 Å². The van der Waals surface area contributed by atoms with Crippen LogP contribution in [0.1, 0.15) is 130 Å². The first-order chi connectivity index (χ1) is 12.1. The Labute approximate surface area is 158 Å². The van der Waals surface area contributed by atoms with E-state index < -0.39 is 5.97 Å². The van der Waals surface area contributed by atoms with Crippen molar-refractivity contribution in [1.29, 1.82) is 0 Å². The maximum absolute atomic E-state index is 9.60. The first kappa shape index (κ1) is 26.4. The molecule has 0 atom stereocenters. The van der Waals surface area contributed by atoms with E-state index >= 15 is 0 Å². The zero-order valence-corrected chi connectivity index (χ0v) is 17.6. The van der Waals surface area contributed by atoms with Gasteiger partial charge in [-0.2, -0.15) is 0 Å². The van der Waals surface area contributed by atoms with Crippen LogP contribution in [0.2, 0.25) is 0 Å². The third-order valence-corrected chi connectivity index (χ3v) is 4.57. The maximum atomic E-state index is 9.60. The van der Waals surface area contributed by atoms with Crippen molar-refractivity contribution in [2.45, 2.75) is 130 Å². The zero-order valence-electron chi connectivity index (χ0n) is 17.6. The Morgan fingerprint density at radius 1 is 0.600 bits per heavy atom. The van der Waals surface area contributed by atoms with E-state index in [9.17, 15) is 4.79 Å². The second-order valence-electron chi connectivity index (χ2n) is 7.39. The van der Waals surface area contributed by atoms with E-state index in [2.05, 4.69) is 20.4 Å². The highest BCUT2D eigenvalue weighted by Crippen LogP contribution is 2.13. The van der Waals surface area contributed by atoms with Crippen molar-refractivity contribution >= 4 is 5.97 Å². The van der Waals surface area contributed by atoms with Gasteiger partial charge in [0, 0.05) is 5.57 Å². The average molecular weight is 355 g/mol. The molecule has 0 aliphatic carbocycles. The molecule has 0 rings (SSSR count). The summed E-state index contributed by atoms with van der Waals surface area (Å²) in [7, 11) is 0. The molecule has 0 aromatic carbocycles. The Hall–Kier alpha value is -0.790. The normalized spacial score (nSPS) is 10.2. The molecular formula is C23H46O2. The van der Waals surface area contributed by atoms with Gasteiger partial charge in [0.15, 0.2) is 0 Å². The summed E-state index contributed by atoms with van der Waals surface area (Å²) in [5.74, 6) is -0.935. The Bertz CT molecular complexity index is 256. The van der Waals surface area contributed by atoms with Crippen LogP contribution in [0.25, 0.3) is 0 Å². The molecule has 2 nitrogen and oxygen atoms in total. The molecule has 0 radical (unpaired) electrons. The predicted molar refractivity (Wildman–Crippen MR) is 112 cm³/mol. The molecule has 0 aromatic rings. The van der Waals surface area contributed by atoms with Gasteiger partial charge < -0.3 is 5.11 Å². The zero-order chi connectivity index (χ0) is 19.2. The molecule has 0 aliphatic rings. The van der Waals surface area contributed by atoms with Gasteiger partial charge in [-0.15, -0.1) is 0 Å². The van der Waals surface area contributed by atoms with Crippen LogP contribution >= 0.6 is 0 Å². The molecule has 0 heterocycles. The molecule has 25 heavy (non-hydrogen) atoms. The van der Waals surface area contributed by atoms with E-state index in [1.165, 1.54) is 116 Å². The quantitative estimate of drug-likeness (QED) is 0.210. The van der Waals surface area contributed by atoms with Crippen LogP contribution in [0.15, 0.2) is 12.2 Å². The first-order valence-electron chi connectivity index (χ1n) is 10.9. The van der Waals surface area contributed by atoms with Crippen LogP contribution < -0.4 is 0 Å². The topological polar surface area (TPSA) is 37.3 Å². The number of hydrogen-bond acceptors (Lipinski definition) is 1. The highest BCUT2D eigenvalue weighted by Gasteiger charge is 1.94. The second-order valence-corrected chi connectivity index (χ2v) is 7.39. The van der Waals surface area contributed by atoms with Crippen molar-refractivity contribution in [3.63, 3.8) is 0 Å². The summed E-state index contributed by atoms with van der Waals surface area (Å²) < 4.78 is 0. The fourth-order valence-electron chi connectivity index (χ4n) is 2.80. The maximum Gasteiger partial charge on any atom is 0.330 e. The summed E-state index contributed by atoms with van der Waals surface area (Å²) in [5.41, 5.74) is 0.176. The molecule has 0 unspecified atom stereocenters. The summed E-state index contributed by atoms with van der Waals surface area (Å²) in [6.45, 7) is 9.19. The van der Waals surface area contributed by atoms with Gasteiger partial charge in [0.05, 0.1) is 0 Å². The van der Waals surface area contributed by atoms with Gasteiger partial charge in [0.25, 0.3) is 0 Å². The standard InChI is InChI=1S/C19H40.C4H6O2/c1-3-5-7-9-11-13-15-17-19-18-16-14-12-10-8-6-4-2;1-3(2)4(5)6/h3-19H2,1-2H3;1H2,2H3,(H,5,6). The van der Waals surface area contributed by atoms with Crippen molar-refractivity contribution < 1.29 is 9.90 Å². The largest absolute Gasteiger partial charge is 0.478 e. The molecule has 0 saturated heterocycles. The fourth-order valence-corrected chi connectivity index (χ4v) is 2.80. The van der Waals surface area contributed by atoms with Crippen LogP contribution in [-0.4, -0.2) is 11.1 Å². The number of carboxylic acid groups (broad SMARTS) is 1. The predicted octanol–water partition coefficient (Wildman–Crippen LogP) is 8.31. The number of rotatable bonds is 17. The van der Waals surface area contributed by atoms with Gasteiger partial charge in [0.1, 0.15) is 0 Å². The Morgan fingerprint density at radius 3 is 0.880 bits per heavy atom. The number of carbonyl (C=O) groups is 1.